The number of nitrogens with one attached hydrogen (secondary N) is 1. The van der Waals surface area contributed by atoms with Gasteiger partial charge in [-0.1, -0.05) is 0 Å². The Labute approximate surface area is 127 Å². The summed E-state index contributed by atoms with van der Waals surface area (Å²) >= 11 is 0. The summed E-state index contributed by atoms with van der Waals surface area (Å²) < 4.78 is 20.7. The fourth-order valence-electron chi connectivity index (χ4n) is 1.78. The van der Waals surface area contributed by atoms with Crippen LogP contribution in [0, 0.1) is 0 Å². The van der Waals surface area contributed by atoms with Crippen LogP contribution in [0.4, 0.5) is 0 Å². The van der Waals surface area contributed by atoms with Gasteiger partial charge in [0.15, 0.2) is 5.76 Å². The molecule has 2 rings (SSSR count). The molecule has 1 heterocycles. The van der Waals surface area contributed by atoms with Crippen LogP contribution in [0.15, 0.2) is 40.0 Å². The molecular formula is C15H16N2O5. The van der Waals surface area contributed by atoms with Crippen LogP contribution in [-0.4, -0.2) is 33.5 Å². The van der Waals surface area contributed by atoms with E-state index in [2.05, 4.69) is 10.5 Å². The van der Waals surface area contributed by atoms with E-state index in [-0.39, 0.29) is 5.76 Å². The molecule has 22 heavy (non-hydrogen) atoms. The van der Waals surface area contributed by atoms with Crippen molar-refractivity contribution in [2.75, 3.05) is 21.3 Å². The summed E-state index contributed by atoms with van der Waals surface area (Å²) in [5.74, 6) is 1.32. The number of nitrogens with zero attached hydrogens (tertiary/aromatic N) is 1. The van der Waals surface area contributed by atoms with Gasteiger partial charge in [0, 0.05) is 12.1 Å². The summed E-state index contributed by atoms with van der Waals surface area (Å²) in [4.78, 5) is 11.7. The Balaban J connectivity index is 2.20. The van der Waals surface area contributed by atoms with Crippen molar-refractivity contribution in [3.8, 4) is 17.2 Å². The number of rotatable bonds is 6. The standard InChI is InChI=1S/C15H16N2O5/c1-19-10-7-13(20-2)11(14(8-10)21-3)9-16-17-15(18)12-5-4-6-22-12/h4-9H,1-3H3,(H,17,18)/b16-9-. The number of furan rings is 1. The van der Waals surface area contributed by atoms with E-state index < -0.39 is 5.91 Å². The van der Waals surface area contributed by atoms with Gasteiger partial charge in [0.1, 0.15) is 17.2 Å². The van der Waals surface area contributed by atoms with E-state index in [4.69, 9.17) is 18.6 Å². The zero-order valence-electron chi connectivity index (χ0n) is 12.5. The van der Waals surface area contributed by atoms with E-state index in [0.717, 1.165) is 0 Å². The minimum Gasteiger partial charge on any atom is -0.496 e. The molecule has 2 aromatic rings. The van der Waals surface area contributed by atoms with Gasteiger partial charge in [0.05, 0.1) is 39.4 Å². The van der Waals surface area contributed by atoms with Crippen LogP contribution in [0.5, 0.6) is 17.2 Å². The highest BCUT2D eigenvalue weighted by molar-refractivity contribution is 5.93. The molecule has 0 bridgehead atoms. The van der Waals surface area contributed by atoms with E-state index in [1.54, 1.807) is 31.4 Å². The van der Waals surface area contributed by atoms with Crippen molar-refractivity contribution < 1.29 is 23.4 Å². The zero-order valence-corrected chi connectivity index (χ0v) is 12.5. The van der Waals surface area contributed by atoms with Crippen molar-refractivity contribution in [1.82, 2.24) is 5.43 Å². The molecule has 1 aromatic carbocycles. The third-order valence-electron chi connectivity index (χ3n) is 2.86. The fourth-order valence-corrected chi connectivity index (χ4v) is 1.78. The summed E-state index contributed by atoms with van der Waals surface area (Å²) in [6, 6.07) is 6.55. The van der Waals surface area contributed by atoms with Crippen molar-refractivity contribution >= 4 is 12.1 Å². The number of ether oxygens (including phenoxy) is 3. The van der Waals surface area contributed by atoms with E-state index >= 15 is 0 Å². The van der Waals surface area contributed by atoms with Gasteiger partial charge in [-0.05, 0) is 12.1 Å². The summed E-state index contributed by atoms with van der Waals surface area (Å²) in [5.41, 5.74) is 2.93. The number of hydrogen-bond donors (Lipinski definition) is 1. The summed E-state index contributed by atoms with van der Waals surface area (Å²) in [5, 5.41) is 3.88. The van der Waals surface area contributed by atoms with Crippen LogP contribution >= 0.6 is 0 Å². The number of benzene rings is 1. The second-order valence-electron chi connectivity index (χ2n) is 4.12. The molecule has 7 nitrogen and oxygen atoms in total. The lowest BCUT2D eigenvalue weighted by atomic mass is 10.2. The second-order valence-corrected chi connectivity index (χ2v) is 4.12. The molecule has 0 aliphatic carbocycles. The molecule has 0 radical (unpaired) electrons. The molecule has 1 N–H and O–H groups in total. The van der Waals surface area contributed by atoms with E-state index in [1.807, 2.05) is 0 Å². The number of carbonyl (C=O) groups is 1. The predicted molar refractivity (Wildman–Crippen MR) is 79.9 cm³/mol. The molecule has 0 spiro atoms. The maximum absolute atomic E-state index is 11.7. The lowest BCUT2D eigenvalue weighted by molar-refractivity contribution is 0.0927. The maximum atomic E-state index is 11.7. The van der Waals surface area contributed by atoms with Crippen LogP contribution in [0.25, 0.3) is 0 Å². The van der Waals surface area contributed by atoms with Crippen molar-refractivity contribution in [1.29, 1.82) is 0 Å². The first-order valence-corrected chi connectivity index (χ1v) is 6.36. The average Bonchev–Trinajstić information content (AvgIpc) is 3.09. The number of hydrazone groups is 1. The lowest BCUT2D eigenvalue weighted by Gasteiger charge is -2.12. The predicted octanol–water partition coefficient (Wildman–Crippen LogP) is 2.07. The maximum Gasteiger partial charge on any atom is 0.307 e. The van der Waals surface area contributed by atoms with E-state index in [0.29, 0.717) is 22.8 Å². The van der Waals surface area contributed by atoms with Crippen LogP contribution < -0.4 is 19.6 Å². The van der Waals surface area contributed by atoms with Crippen molar-refractivity contribution in [3.05, 3.63) is 41.9 Å². The molecule has 0 aliphatic rings. The van der Waals surface area contributed by atoms with Gasteiger partial charge in [0.2, 0.25) is 0 Å². The Morgan fingerprint density at radius 1 is 1.18 bits per heavy atom. The Bertz CT molecular complexity index is 640. The molecule has 0 unspecified atom stereocenters. The largest absolute Gasteiger partial charge is 0.496 e. The Hall–Kier alpha value is -2.96. The van der Waals surface area contributed by atoms with Gasteiger partial charge in [-0.25, -0.2) is 5.43 Å². The number of amides is 1. The molecule has 7 heteroatoms. The monoisotopic (exact) mass is 304 g/mol. The van der Waals surface area contributed by atoms with Crippen LogP contribution in [0.1, 0.15) is 16.1 Å². The highest BCUT2D eigenvalue weighted by atomic mass is 16.5. The number of methoxy groups -OCH3 is 3. The first-order valence-electron chi connectivity index (χ1n) is 6.36. The molecular weight excluding hydrogens is 288 g/mol. The SMILES string of the molecule is COc1cc(OC)c(/C=N\NC(=O)c2ccco2)c(OC)c1. The van der Waals surface area contributed by atoms with E-state index in [9.17, 15) is 4.79 Å². The third kappa shape index (κ3) is 3.38. The summed E-state index contributed by atoms with van der Waals surface area (Å²) in [7, 11) is 4.59. The number of hydrogen-bond acceptors (Lipinski definition) is 6. The Kier molecular flexibility index (Phi) is 5.02. The molecule has 1 aromatic heterocycles. The Morgan fingerprint density at radius 2 is 1.86 bits per heavy atom. The van der Waals surface area contributed by atoms with Crippen LogP contribution in [0.3, 0.4) is 0 Å². The first-order chi connectivity index (χ1) is 10.7. The van der Waals surface area contributed by atoms with Crippen molar-refractivity contribution in [2.24, 2.45) is 5.10 Å². The fraction of sp³-hybridized carbons (Fsp3) is 0.200. The smallest absolute Gasteiger partial charge is 0.307 e. The normalized spacial score (nSPS) is 10.5. The first kappa shape index (κ1) is 15.4. The second kappa shape index (κ2) is 7.16. The summed E-state index contributed by atoms with van der Waals surface area (Å²) in [6.45, 7) is 0. The highest BCUT2D eigenvalue weighted by Crippen LogP contribution is 2.32. The van der Waals surface area contributed by atoms with Gasteiger partial charge in [0.25, 0.3) is 0 Å². The molecule has 0 aliphatic heterocycles. The highest BCUT2D eigenvalue weighted by Gasteiger charge is 2.12. The van der Waals surface area contributed by atoms with Gasteiger partial charge in [-0.3, -0.25) is 4.79 Å². The Morgan fingerprint density at radius 3 is 2.36 bits per heavy atom. The van der Waals surface area contributed by atoms with E-state index in [1.165, 1.54) is 26.7 Å². The van der Waals surface area contributed by atoms with Crippen molar-refractivity contribution in [3.63, 3.8) is 0 Å². The number of carbonyl (C=O) groups excluding carboxylic acids is 1. The van der Waals surface area contributed by atoms with Crippen LogP contribution in [0.2, 0.25) is 0 Å². The van der Waals surface area contributed by atoms with Crippen molar-refractivity contribution in [2.45, 2.75) is 0 Å². The van der Waals surface area contributed by atoms with Gasteiger partial charge >= 0.3 is 5.91 Å². The topological polar surface area (TPSA) is 82.3 Å². The third-order valence-corrected chi connectivity index (χ3v) is 2.86. The molecule has 0 fully saturated rings. The summed E-state index contributed by atoms with van der Waals surface area (Å²) in [6.07, 6.45) is 2.84. The quantitative estimate of drug-likeness (QED) is 0.652. The molecule has 0 saturated carbocycles. The molecule has 0 atom stereocenters. The molecule has 1 amide bonds. The minimum absolute atomic E-state index is 0.172. The van der Waals surface area contributed by atoms with Gasteiger partial charge < -0.3 is 18.6 Å². The molecule has 116 valence electrons. The lowest BCUT2D eigenvalue weighted by Crippen LogP contribution is -2.16. The average molecular weight is 304 g/mol. The minimum atomic E-state index is -0.451. The molecule has 0 saturated heterocycles. The zero-order chi connectivity index (χ0) is 15.9. The van der Waals surface area contributed by atoms with Gasteiger partial charge in [-0.15, -0.1) is 0 Å². The van der Waals surface area contributed by atoms with Gasteiger partial charge in [-0.2, -0.15) is 5.10 Å². The van der Waals surface area contributed by atoms with Crippen LogP contribution in [-0.2, 0) is 0 Å².